The standard InChI is InChI=1S/C15H20N2O/c1-4-10-17-14(15(18)13(5-2)16-17)12-8-6-11(3)7-9-12/h6-9,18H,4-5,10H2,1-3H3. The molecule has 0 fully saturated rings. The van der Waals surface area contributed by atoms with Crippen molar-refractivity contribution in [3.8, 4) is 17.0 Å². The molecule has 0 saturated carbocycles. The molecule has 0 atom stereocenters. The fourth-order valence-electron chi connectivity index (χ4n) is 2.11. The first-order valence-corrected chi connectivity index (χ1v) is 6.53. The van der Waals surface area contributed by atoms with Crippen molar-refractivity contribution in [1.29, 1.82) is 0 Å². The van der Waals surface area contributed by atoms with Crippen LogP contribution in [0.3, 0.4) is 0 Å². The molecule has 2 aromatic rings. The number of benzene rings is 1. The molecule has 0 aliphatic carbocycles. The van der Waals surface area contributed by atoms with Crippen LogP contribution in [0.1, 0.15) is 31.5 Å². The number of aryl methyl sites for hydroxylation is 3. The Bertz CT molecular complexity index is 526. The van der Waals surface area contributed by atoms with E-state index in [1.807, 2.05) is 23.7 Å². The summed E-state index contributed by atoms with van der Waals surface area (Å²) in [5, 5.41) is 14.8. The topological polar surface area (TPSA) is 38.0 Å². The summed E-state index contributed by atoms with van der Waals surface area (Å²) in [7, 11) is 0. The van der Waals surface area contributed by atoms with E-state index in [1.165, 1.54) is 5.56 Å². The molecule has 3 heteroatoms. The number of nitrogens with zero attached hydrogens (tertiary/aromatic N) is 2. The zero-order valence-electron chi connectivity index (χ0n) is 11.3. The molecule has 0 bridgehead atoms. The molecule has 1 N–H and O–H groups in total. The lowest BCUT2D eigenvalue weighted by atomic mass is 10.1. The lowest BCUT2D eigenvalue weighted by molar-refractivity contribution is 0.470. The SMILES string of the molecule is CCCn1nc(CC)c(O)c1-c1ccc(C)cc1. The van der Waals surface area contributed by atoms with Gasteiger partial charge in [-0.25, -0.2) is 0 Å². The molecule has 18 heavy (non-hydrogen) atoms. The van der Waals surface area contributed by atoms with E-state index in [-0.39, 0.29) is 0 Å². The van der Waals surface area contributed by atoms with Crippen LogP contribution in [0.25, 0.3) is 11.3 Å². The first kappa shape index (κ1) is 12.7. The van der Waals surface area contributed by atoms with E-state index in [2.05, 4.69) is 31.1 Å². The molecule has 0 saturated heterocycles. The Morgan fingerprint density at radius 1 is 1.17 bits per heavy atom. The summed E-state index contributed by atoms with van der Waals surface area (Å²) in [5.74, 6) is 0.329. The normalized spacial score (nSPS) is 10.8. The van der Waals surface area contributed by atoms with Crippen molar-refractivity contribution in [1.82, 2.24) is 9.78 Å². The molecule has 3 nitrogen and oxygen atoms in total. The Balaban J connectivity index is 2.53. The number of hydrogen-bond acceptors (Lipinski definition) is 2. The highest BCUT2D eigenvalue weighted by Crippen LogP contribution is 2.32. The Labute approximate surface area is 108 Å². The zero-order valence-corrected chi connectivity index (χ0v) is 11.3. The van der Waals surface area contributed by atoms with Gasteiger partial charge in [0.15, 0.2) is 5.75 Å². The highest BCUT2D eigenvalue weighted by molar-refractivity contribution is 5.68. The zero-order chi connectivity index (χ0) is 13.1. The molecule has 0 aliphatic heterocycles. The smallest absolute Gasteiger partial charge is 0.164 e. The van der Waals surface area contributed by atoms with Crippen LogP contribution in [-0.2, 0) is 13.0 Å². The number of rotatable bonds is 4. The van der Waals surface area contributed by atoms with Crippen LogP contribution in [0.2, 0.25) is 0 Å². The number of aromatic nitrogens is 2. The van der Waals surface area contributed by atoms with Gasteiger partial charge in [-0.2, -0.15) is 5.10 Å². The molecule has 0 amide bonds. The summed E-state index contributed by atoms with van der Waals surface area (Å²) in [6.45, 7) is 7.02. The maximum Gasteiger partial charge on any atom is 0.164 e. The second kappa shape index (κ2) is 5.25. The molecule has 1 heterocycles. The van der Waals surface area contributed by atoms with E-state index in [9.17, 15) is 5.11 Å². The minimum absolute atomic E-state index is 0.329. The largest absolute Gasteiger partial charge is 0.504 e. The van der Waals surface area contributed by atoms with Gasteiger partial charge in [-0.15, -0.1) is 0 Å². The highest BCUT2D eigenvalue weighted by Gasteiger charge is 2.16. The highest BCUT2D eigenvalue weighted by atomic mass is 16.3. The summed E-state index contributed by atoms with van der Waals surface area (Å²) in [6, 6.07) is 8.20. The second-order valence-electron chi connectivity index (χ2n) is 4.59. The van der Waals surface area contributed by atoms with Crippen LogP contribution in [0.15, 0.2) is 24.3 Å². The Morgan fingerprint density at radius 3 is 2.39 bits per heavy atom. The van der Waals surface area contributed by atoms with Crippen LogP contribution < -0.4 is 0 Å². The lowest BCUT2D eigenvalue weighted by Crippen LogP contribution is -2.01. The molecule has 1 aromatic carbocycles. The monoisotopic (exact) mass is 244 g/mol. The van der Waals surface area contributed by atoms with Crippen LogP contribution in [0.4, 0.5) is 0 Å². The van der Waals surface area contributed by atoms with E-state index < -0.39 is 0 Å². The minimum Gasteiger partial charge on any atom is -0.504 e. The summed E-state index contributed by atoms with van der Waals surface area (Å²) >= 11 is 0. The molecule has 0 spiro atoms. The Kier molecular flexibility index (Phi) is 3.70. The van der Waals surface area contributed by atoms with Crippen molar-refractivity contribution >= 4 is 0 Å². The van der Waals surface area contributed by atoms with Gasteiger partial charge in [-0.1, -0.05) is 43.7 Å². The van der Waals surface area contributed by atoms with Gasteiger partial charge in [-0.3, -0.25) is 4.68 Å². The first-order valence-electron chi connectivity index (χ1n) is 6.53. The molecular weight excluding hydrogens is 224 g/mol. The van der Waals surface area contributed by atoms with E-state index in [1.54, 1.807) is 0 Å². The van der Waals surface area contributed by atoms with Crippen LogP contribution in [0.5, 0.6) is 5.75 Å². The Morgan fingerprint density at radius 2 is 1.83 bits per heavy atom. The maximum atomic E-state index is 10.3. The van der Waals surface area contributed by atoms with Crippen molar-refractivity contribution in [2.45, 2.75) is 40.2 Å². The van der Waals surface area contributed by atoms with E-state index in [4.69, 9.17) is 0 Å². The fourth-order valence-corrected chi connectivity index (χ4v) is 2.11. The summed E-state index contributed by atoms with van der Waals surface area (Å²) in [6.07, 6.45) is 1.75. The predicted molar refractivity (Wildman–Crippen MR) is 73.7 cm³/mol. The summed E-state index contributed by atoms with van der Waals surface area (Å²) < 4.78 is 1.92. The second-order valence-corrected chi connectivity index (χ2v) is 4.59. The van der Waals surface area contributed by atoms with Crippen molar-refractivity contribution in [3.05, 3.63) is 35.5 Å². The van der Waals surface area contributed by atoms with Gasteiger partial charge in [0.2, 0.25) is 0 Å². The van der Waals surface area contributed by atoms with E-state index >= 15 is 0 Å². The first-order chi connectivity index (χ1) is 8.67. The molecule has 1 aromatic heterocycles. The van der Waals surface area contributed by atoms with Crippen molar-refractivity contribution in [2.75, 3.05) is 0 Å². The van der Waals surface area contributed by atoms with Gasteiger partial charge in [0.1, 0.15) is 11.4 Å². The summed E-state index contributed by atoms with van der Waals surface area (Å²) in [5.41, 5.74) is 3.86. The van der Waals surface area contributed by atoms with Crippen molar-refractivity contribution < 1.29 is 5.11 Å². The lowest BCUT2D eigenvalue weighted by Gasteiger charge is -2.06. The quantitative estimate of drug-likeness (QED) is 0.893. The van der Waals surface area contributed by atoms with Gasteiger partial charge in [0.05, 0.1) is 0 Å². The fraction of sp³-hybridized carbons (Fsp3) is 0.400. The van der Waals surface area contributed by atoms with Crippen LogP contribution in [-0.4, -0.2) is 14.9 Å². The predicted octanol–water partition coefficient (Wildman–Crippen LogP) is 3.54. The van der Waals surface area contributed by atoms with Gasteiger partial charge in [-0.05, 0) is 19.8 Å². The van der Waals surface area contributed by atoms with E-state index in [0.717, 1.165) is 36.3 Å². The Hall–Kier alpha value is -1.77. The number of aromatic hydroxyl groups is 1. The molecule has 96 valence electrons. The van der Waals surface area contributed by atoms with Gasteiger partial charge >= 0.3 is 0 Å². The number of hydrogen-bond donors (Lipinski definition) is 1. The van der Waals surface area contributed by atoms with Crippen molar-refractivity contribution in [3.63, 3.8) is 0 Å². The summed E-state index contributed by atoms with van der Waals surface area (Å²) in [4.78, 5) is 0. The van der Waals surface area contributed by atoms with E-state index in [0.29, 0.717) is 5.75 Å². The minimum atomic E-state index is 0.329. The molecule has 0 radical (unpaired) electrons. The third-order valence-electron chi connectivity index (χ3n) is 3.09. The third-order valence-corrected chi connectivity index (χ3v) is 3.09. The molecule has 0 aliphatic rings. The van der Waals surface area contributed by atoms with Crippen LogP contribution >= 0.6 is 0 Å². The average Bonchev–Trinajstić information content (AvgIpc) is 2.68. The van der Waals surface area contributed by atoms with Gasteiger partial charge < -0.3 is 5.11 Å². The average molecular weight is 244 g/mol. The third kappa shape index (κ3) is 2.26. The molecule has 0 unspecified atom stereocenters. The molecule has 2 rings (SSSR count). The van der Waals surface area contributed by atoms with Gasteiger partial charge in [0.25, 0.3) is 0 Å². The molecular formula is C15H20N2O. The van der Waals surface area contributed by atoms with Crippen LogP contribution in [0, 0.1) is 6.92 Å². The van der Waals surface area contributed by atoms with Crippen molar-refractivity contribution in [2.24, 2.45) is 0 Å². The van der Waals surface area contributed by atoms with Gasteiger partial charge in [0, 0.05) is 12.1 Å². The maximum absolute atomic E-state index is 10.3.